The molecule has 0 aromatic carbocycles. The number of methoxy groups -OCH3 is 2. The minimum absolute atomic E-state index is 0.176. The van der Waals surface area contributed by atoms with Gasteiger partial charge in [0.15, 0.2) is 0 Å². The Balaban J connectivity index is 2.36. The molecule has 0 radical (unpaired) electrons. The first-order valence-electron chi connectivity index (χ1n) is 7.66. The van der Waals surface area contributed by atoms with Gasteiger partial charge in [-0.15, -0.1) is 0 Å². The van der Waals surface area contributed by atoms with Crippen LogP contribution >= 0.6 is 0 Å². The highest BCUT2D eigenvalue weighted by molar-refractivity contribution is 5.69. The number of nitrogens with zero attached hydrogens (tertiary/aromatic N) is 1. The van der Waals surface area contributed by atoms with Gasteiger partial charge in [0.05, 0.1) is 19.9 Å². The van der Waals surface area contributed by atoms with Crippen molar-refractivity contribution in [1.82, 2.24) is 5.16 Å². The predicted octanol–water partition coefficient (Wildman–Crippen LogP) is 2.75. The lowest BCUT2D eigenvalue weighted by molar-refractivity contribution is -0.141. The summed E-state index contributed by atoms with van der Waals surface area (Å²) in [5.41, 5.74) is 2.03. The lowest BCUT2D eigenvalue weighted by Crippen LogP contribution is -2.01. The molecule has 22 heavy (non-hydrogen) atoms. The molecular weight excluding hydrogens is 286 g/mol. The summed E-state index contributed by atoms with van der Waals surface area (Å²) in [4.78, 5) is 22.1. The van der Waals surface area contributed by atoms with Crippen molar-refractivity contribution in [3.63, 3.8) is 0 Å². The van der Waals surface area contributed by atoms with Gasteiger partial charge in [-0.05, 0) is 39.0 Å². The molecular formula is C16H25NO5. The van der Waals surface area contributed by atoms with Crippen molar-refractivity contribution in [3.8, 4) is 0 Å². The Morgan fingerprint density at radius 1 is 0.955 bits per heavy atom. The van der Waals surface area contributed by atoms with Crippen LogP contribution in [0, 0.1) is 6.92 Å². The summed E-state index contributed by atoms with van der Waals surface area (Å²) >= 11 is 0. The molecule has 1 aromatic heterocycles. The van der Waals surface area contributed by atoms with E-state index in [9.17, 15) is 9.59 Å². The minimum atomic E-state index is -0.184. The number of esters is 2. The van der Waals surface area contributed by atoms with E-state index in [2.05, 4.69) is 14.6 Å². The van der Waals surface area contributed by atoms with Gasteiger partial charge in [-0.2, -0.15) is 0 Å². The lowest BCUT2D eigenvalue weighted by atomic mass is 10.0. The molecule has 1 aromatic rings. The number of unbranched alkanes of at least 4 members (excludes halogenated alkanes) is 2. The molecule has 0 bridgehead atoms. The quantitative estimate of drug-likeness (QED) is 0.488. The van der Waals surface area contributed by atoms with Crippen molar-refractivity contribution in [1.29, 1.82) is 0 Å². The highest BCUT2D eigenvalue weighted by atomic mass is 16.5. The summed E-state index contributed by atoms with van der Waals surface area (Å²) in [5.74, 6) is 0.530. The molecule has 1 heterocycles. The number of rotatable bonds is 10. The molecule has 0 saturated carbocycles. The first-order valence-corrected chi connectivity index (χ1v) is 7.66. The summed E-state index contributed by atoms with van der Waals surface area (Å²) in [5, 5.41) is 4.02. The second-order valence-electron chi connectivity index (χ2n) is 5.24. The standard InChI is InChI=1S/C16H25NO5/c1-12-13(8-4-6-10-15(18)20-2)14(22-17-12)9-5-7-11-16(19)21-3/h4-11H2,1-3H3. The SMILES string of the molecule is COC(=O)CCCCc1onc(C)c1CCCCC(=O)OC. The van der Waals surface area contributed by atoms with Gasteiger partial charge in [0.2, 0.25) is 0 Å². The van der Waals surface area contributed by atoms with Crippen molar-refractivity contribution in [2.24, 2.45) is 0 Å². The molecule has 0 spiro atoms. The number of hydrogen-bond acceptors (Lipinski definition) is 6. The Labute approximate surface area is 131 Å². The first kappa shape index (κ1) is 18.2. The van der Waals surface area contributed by atoms with Crippen molar-refractivity contribution in [2.75, 3.05) is 14.2 Å². The second-order valence-corrected chi connectivity index (χ2v) is 5.24. The van der Waals surface area contributed by atoms with E-state index in [1.54, 1.807) is 0 Å². The second kappa shape index (κ2) is 9.97. The maximum absolute atomic E-state index is 11.1. The number of aryl methyl sites for hydroxylation is 2. The van der Waals surface area contributed by atoms with E-state index < -0.39 is 0 Å². The third-order valence-corrected chi connectivity index (χ3v) is 3.61. The van der Waals surface area contributed by atoms with E-state index in [1.807, 2.05) is 6.92 Å². The van der Waals surface area contributed by atoms with Crippen LogP contribution in [-0.2, 0) is 31.9 Å². The zero-order valence-electron chi connectivity index (χ0n) is 13.6. The lowest BCUT2D eigenvalue weighted by Gasteiger charge is -2.03. The molecule has 0 atom stereocenters. The molecule has 6 heteroatoms. The number of carbonyl (C=O) groups is 2. The number of ether oxygens (including phenoxy) is 2. The average Bonchev–Trinajstić information content (AvgIpc) is 2.87. The third kappa shape index (κ3) is 6.28. The Hall–Kier alpha value is -1.85. The predicted molar refractivity (Wildman–Crippen MR) is 80.4 cm³/mol. The molecule has 0 amide bonds. The zero-order chi connectivity index (χ0) is 16.4. The van der Waals surface area contributed by atoms with Crippen LogP contribution in [0.1, 0.15) is 55.5 Å². The summed E-state index contributed by atoms with van der Waals surface area (Å²) in [6, 6.07) is 0. The van der Waals surface area contributed by atoms with E-state index in [4.69, 9.17) is 4.52 Å². The van der Waals surface area contributed by atoms with Crippen LogP contribution in [0.15, 0.2) is 4.52 Å². The molecule has 6 nitrogen and oxygen atoms in total. The average molecular weight is 311 g/mol. The van der Waals surface area contributed by atoms with Gasteiger partial charge in [0.25, 0.3) is 0 Å². The largest absolute Gasteiger partial charge is 0.469 e. The summed E-state index contributed by atoms with van der Waals surface area (Å²) < 4.78 is 14.6. The maximum atomic E-state index is 11.1. The van der Waals surface area contributed by atoms with Crippen molar-refractivity contribution < 1.29 is 23.6 Å². The fraction of sp³-hybridized carbons (Fsp3) is 0.688. The highest BCUT2D eigenvalue weighted by Crippen LogP contribution is 2.19. The summed E-state index contributed by atoms with van der Waals surface area (Å²) in [6.07, 6.45) is 5.80. The third-order valence-electron chi connectivity index (χ3n) is 3.61. The van der Waals surface area contributed by atoms with E-state index in [1.165, 1.54) is 14.2 Å². The fourth-order valence-corrected chi connectivity index (χ4v) is 2.28. The molecule has 0 N–H and O–H groups in total. The minimum Gasteiger partial charge on any atom is -0.469 e. The van der Waals surface area contributed by atoms with Crippen LogP contribution < -0.4 is 0 Å². The van der Waals surface area contributed by atoms with Crippen LogP contribution in [-0.4, -0.2) is 31.3 Å². The van der Waals surface area contributed by atoms with Gasteiger partial charge in [0, 0.05) is 24.8 Å². The maximum Gasteiger partial charge on any atom is 0.305 e. The van der Waals surface area contributed by atoms with E-state index >= 15 is 0 Å². The fourth-order valence-electron chi connectivity index (χ4n) is 2.28. The van der Waals surface area contributed by atoms with Crippen LogP contribution in [0.25, 0.3) is 0 Å². The first-order chi connectivity index (χ1) is 10.6. The van der Waals surface area contributed by atoms with Gasteiger partial charge >= 0.3 is 11.9 Å². The molecule has 1 rings (SSSR count). The Kier molecular flexibility index (Phi) is 8.25. The van der Waals surface area contributed by atoms with Gasteiger partial charge in [-0.25, -0.2) is 0 Å². The van der Waals surface area contributed by atoms with Crippen LogP contribution in [0.2, 0.25) is 0 Å². The van der Waals surface area contributed by atoms with Crippen LogP contribution in [0.3, 0.4) is 0 Å². The molecule has 0 aliphatic rings. The monoisotopic (exact) mass is 311 g/mol. The molecule has 124 valence electrons. The Bertz CT molecular complexity index is 481. The molecule has 0 fully saturated rings. The normalized spacial score (nSPS) is 10.5. The van der Waals surface area contributed by atoms with Crippen LogP contribution in [0.5, 0.6) is 0 Å². The van der Waals surface area contributed by atoms with Gasteiger partial charge in [0.1, 0.15) is 5.76 Å². The van der Waals surface area contributed by atoms with E-state index in [0.717, 1.165) is 55.5 Å². The van der Waals surface area contributed by atoms with Crippen molar-refractivity contribution >= 4 is 11.9 Å². The topological polar surface area (TPSA) is 78.6 Å². The summed E-state index contributed by atoms with van der Waals surface area (Å²) in [6.45, 7) is 1.93. The number of hydrogen-bond donors (Lipinski definition) is 0. The van der Waals surface area contributed by atoms with Gasteiger partial charge in [-0.1, -0.05) is 5.16 Å². The molecule has 0 unspecified atom stereocenters. The summed E-state index contributed by atoms with van der Waals surface area (Å²) in [7, 11) is 2.80. The van der Waals surface area contributed by atoms with Crippen molar-refractivity contribution in [2.45, 2.75) is 58.3 Å². The molecule has 0 aliphatic carbocycles. The zero-order valence-corrected chi connectivity index (χ0v) is 13.6. The Morgan fingerprint density at radius 2 is 1.50 bits per heavy atom. The highest BCUT2D eigenvalue weighted by Gasteiger charge is 2.13. The van der Waals surface area contributed by atoms with Gasteiger partial charge < -0.3 is 14.0 Å². The molecule has 0 aliphatic heterocycles. The number of carbonyl (C=O) groups excluding carboxylic acids is 2. The Morgan fingerprint density at radius 3 is 2.05 bits per heavy atom. The van der Waals surface area contributed by atoms with Crippen molar-refractivity contribution in [3.05, 3.63) is 17.0 Å². The van der Waals surface area contributed by atoms with E-state index in [0.29, 0.717) is 12.8 Å². The molecule has 0 saturated heterocycles. The number of aromatic nitrogens is 1. The van der Waals surface area contributed by atoms with E-state index in [-0.39, 0.29) is 11.9 Å². The van der Waals surface area contributed by atoms with Gasteiger partial charge in [-0.3, -0.25) is 9.59 Å². The smallest absolute Gasteiger partial charge is 0.305 e. The van der Waals surface area contributed by atoms with Crippen LogP contribution in [0.4, 0.5) is 0 Å².